The SMILES string of the molecule is O=C1c2ccccc2C(=O)N1CCCN1CCN(Cc2cn3ccccc3n2)CC1. The summed E-state index contributed by atoms with van der Waals surface area (Å²) < 4.78 is 2.06. The normalized spacial score (nSPS) is 17.8. The highest BCUT2D eigenvalue weighted by Gasteiger charge is 2.34. The van der Waals surface area contributed by atoms with Crippen LogP contribution in [0.15, 0.2) is 54.9 Å². The van der Waals surface area contributed by atoms with E-state index in [0.717, 1.165) is 57.0 Å². The number of imidazole rings is 1. The monoisotopic (exact) mass is 403 g/mol. The zero-order valence-corrected chi connectivity index (χ0v) is 16.9. The van der Waals surface area contributed by atoms with Crippen molar-refractivity contribution in [1.82, 2.24) is 24.1 Å². The summed E-state index contributed by atoms with van der Waals surface area (Å²) in [5.74, 6) is -0.319. The first-order valence-electron chi connectivity index (χ1n) is 10.5. The Morgan fingerprint density at radius 2 is 1.47 bits per heavy atom. The van der Waals surface area contributed by atoms with Crippen LogP contribution in [0.5, 0.6) is 0 Å². The summed E-state index contributed by atoms with van der Waals surface area (Å²) in [6, 6.07) is 13.1. The largest absolute Gasteiger partial charge is 0.307 e. The molecule has 3 aromatic rings. The quantitative estimate of drug-likeness (QED) is 0.590. The second-order valence-electron chi connectivity index (χ2n) is 7.98. The lowest BCUT2D eigenvalue weighted by atomic mass is 10.1. The van der Waals surface area contributed by atoms with Crippen molar-refractivity contribution in [2.45, 2.75) is 13.0 Å². The standard InChI is InChI=1S/C23H25N5O2/c29-22-19-6-1-2-7-20(19)23(30)28(22)11-5-9-25-12-14-26(15-13-25)16-18-17-27-10-4-3-8-21(27)24-18/h1-4,6-8,10,17H,5,9,11-16H2. The number of carbonyl (C=O) groups is 2. The van der Waals surface area contributed by atoms with Gasteiger partial charge in [-0.1, -0.05) is 18.2 Å². The molecular weight excluding hydrogens is 378 g/mol. The molecule has 1 fully saturated rings. The van der Waals surface area contributed by atoms with Crippen LogP contribution in [-0.2, 0) is 6.54 Å². The summed E-state index contributed by atoms with van der Waals surface area (Å²) in [5, 5.41) is 0. The lowest BCUT2D eigenvalue weighted by Gasteiger charge is -2.34. The lowest BCUT2D eigenvalue weighted by molar-refractivity contribution is 0.0640. The van der Waals surface area contributed by atoms with Crippen LogP contribution in [0.3, 0.4) is 0 Å². The highest BCUT2D eigenvalue weighted by Crippen LogP contribution is 2.22. The van der Waals surface area contributed by atoms with Gasteiger partial charge in [0.2, 0.25) is 0 Å². The molecule has 7 nitrogen and oxygen atoms in total. The van der Waals surface area contributed by atoms with Crippen LogP contribution in [-0.4, -0.2) is 75.2 Å². The second-order valence-corrected chi connectivity index (χ2v) is 7.98. The van der Waals surface area contributed by atoms with Gasteiger partial charge in [-0.2, -0.15) is 0 Å². The molecule has 0 saturated carbocycles. The minimum atomic E-state index is -0.159. The molecule has 2 aromatic heterocycles. The van der Waals surface area contributed by atoms with Crippen molar-refractivity contribution < 1.29 is 9.59 Å². The summed E-state index contributed by atoms with van der Waals surface area (Å²) >= 11 is 0. The number of aromatic nitrogens is 2. The van der Waals surface area contributed by atoms with Gasteiger partial charge in [-0.25, -0.2) is 4.98 Å². The number of hydrogen-bond acceptors (Lipinski definition) is 5. The van der Waals surface area contributed by atoms with E-state index in [1.807, 2.05) is 24.4 Å². The van der Waals surface area contributed by atoms with Gasteiger partial charge in [-0.15, -0.1) is 0 Å². The van der Waals surface area contributed by atoms with Crippen molar-refractivity contribution in [1.29, 1.82) is 0 Å². The topological polar surface area (TPSA) is 61.2 Å². The van der Waals surface area contributed by atoms with E-state index in [-0.39, 0.29) is 11.8 Å². The molecule has 30 heavy (non-hydrogen) atoms. The van der Waals surface area contributed by atoms with Crippen LogP contribution in [0, 0.1) is 0 Å². The van der Waals surface area contributed by atoms with Gasteiger partial charge < -0.3 is 9.30 Å². The summed E-state index contributed by atoms with van der Waals surface area (Å²) in [4.78, 5) is 35.8. The zero-order chi connectivity index (χ0) is 20.5. The molecule has 0 radical (unpaired) electrons. The molecular formula is C23H25N5O2. The van der Waals surface area contributed by atoms with Crippen molar-refractivity contribution in [3.8, 4) is 0 Å². The Morgan fingerprint density at radius 3 is 2.17 bits per heavy atom. The molecule has 0 N–H and O–H groups in total. The Kier molecular flexibility index (Phi) is 5.06. The van der Waals surface area contributed by atoms with Crippen molar-refractivity contribution in [2.24, 2.45) is 0 Å². The number of amides is 2. The minimum Gasteiger partial charge on any atom is -0.307 e. The predicted octanol–water partition coefficient (Wildman–Crippen LogP) is 2.14. The smallest absolute Gasteiger partial charge is 0.261 e. The van der Waals surface area contributed by atoms with Gasteiger partial charge in [0.15, 0.2) is 0 Å². The molecule has 2 aliphatic rings. The number of nitrogens with zero attached hydrogens (tertiary/aromatic N) is 5. The van der Waals surface area contributed by atoms with Crippen LogP contribution < -0.4 is 0 Å². The van der Waals surface area contributed by atoms with Crippen molar-refractivity contribution in [3.05, 3.63) is 71.7 Å². The molecule has 0 bridgehead atoms. The van der Waals surface area contributed by atoms with Gasteiger partial charge in [-0.05, 0) is 37.2 Å². The highest BCUT2D eigenvalue weighted by atomic mass is 16.2. The predicted molar refractivity (Wildman–Crippen MR) is 113 cm³/mol. The first-order valence-corrected chi connectivity index (χ1v) is 10.5. The van der Waals surface area contributed by atoms with Crippen molar-refractivity contribution in [3.63, 3.8) is 0 Å². The van der Waals surface area contributed by atoms with Gasteiger partial charge in [0.1, 0.15) is 5.65 Å². The number of fused-ring (bicyclic) bond motifs is 2. The Labute approximate surface area is 175 Å². The van der Waals surface area contributed by atoms with Gasteiger partial charge in [-0.3, -0.25) is 19.4 Å². The average molecular weight is 403 g/mol. The minimum absolute atomic E-state index is 0.159. The molecule has 154 valence electrons. The van der Waals surface area contributed by atoms with E-state index in [1.165, 1.54) is 4.90 Å². The molecule has 7 heteroatoms. The number of piperazine rings is 1. The molecule has 1 saturated heterocycles. The fourth-order valence-corrected chi connectivity index (χ4v) is 4.36. The van der Waals surface area contributed by atoms with E-state index < -0.39 is 0 Å². The fourth-order valence-electron chi connectivity index (χ4n) is 4.36. The molecule has 1 aromatic carbocycles. The third kappa shape index (κ3) is 3.62. The van der Waals surface area contributed by atoms with Crippen LogP contribution in [0.4, 0.5) is 0 Å². The number of hydrogen-bond donors (Lipinski definition) is 0. The Hall–Kier alpha value is -3.03. The molecule has 0 aliphatic carbocycles. The molecule has 4 heterocycles. The van der Waals surface area contributed by atoms with E-state index in [1.54, 1.807) is 24.3 Å². The maximum Gasteiger partial charge on any atom is 0.261 e. The van der Waals surface area contributed by atoms with Crippen LogP contribution in [0.25, 0.3) is 5.65 Å². The number of imide groups is 1. The Balaban J connectivity index is 1.08. The third-order valence-electron chi connectivity index (χ3n) is 6.00. The van der Waals surface area contributed by atoms with Crippen LogP contribution in [0.1, 0.15) is 32.8 Å². The van der Waals surface area contributed by atoms with Crippen LogP contribution >= 0.6 is 0 Å². The van der Waals surface area contributed by atoms with E-state index in [9.17, 15) is 9.59 Å². The first kappa shape index (κ1) is 19.0. The molecule has 5 rings (SSSR count). The van der Waals surface area contributed by atoms with E-state index in [0.29, 0.717) is 17.7 Å². The summed E-state index contributed by atoms with van der Waals surface area (Å²) in [5.41, 5.74) is 3.14. The Morgan fingerprint density at radius 1 is 0.800 bits per heavy atom. The molecule has 2 amide bonds. The van der Waals surface area contributed by atoms with Gasteiger partial charge in [0, 0.05) is 51.7 Å². The average Bonchev–Trinajstić information content (AvgIpc) is 3.29. The summed E-state index contributed by atoms with van der Waals surface area (Å²) in [6.45, 7) is 6.24. The fraction of sp³-hybridized carbons (Fsp3) is 0.348. The summed E-state index contributed by atoms with van der Waals surface area (Å²) in [7, 11) is 0. The van der Waals surface area contributed by atoms with Gasteiger partial charge >= 0.3 is 0 Å². The van der Waals surface area contributed by atoms with Crippen LogP contribution in [0.2, 0.25) is 0 Å². The Bertz CT molecular complexity index is 1020. The highest BCUT2D eigenvalue weighted by molar-refractivity contribution is 6.21. The summed E-state index contributed by atoms with van der Waals surface area (Å²) in [6.07, 6.45) is 4.93. The van der Waals surface area contributed by atoms with E-state index in [2.05, 4.69) is 25.4 Å². The number of benzene rings is 1. The number of rotatable bonds is 6. The maximum absolute atomic E-state index is 12.4. The number of pyridine rings is 1. The van der Waals surface area contributed by atoms with Crippen molar-refractivity contribution in [2.75, 3.05) is 39.3 Å². The second kappa shape index (κ2) is 8.01. The van der Waals surface area contributed by atoms with Gasteiger partial charge in [0.05, 0.1) is 16.8 Å². The van der Waals surface area contributed by atoms with E-state index >= 15 is 0 Å². The number of carbonyl (C=O) groups excluding carboxylic acids is 2. The van der Waals surface area contributed by atoms with Crippen molar-refractivity contribution >= 4 is 17.5 Å². The van der Waals surface area contributed by atoms with Gasteiger partial charge in [0.25, 0.3) is 11.8 Å². The molecule has 0 atom stereocenters. The van der Waals surface area contributed by atoms with E-state index in [4.69, 9.17) is 0 Å². The lowest BCUT2D eigenvalue weighted by Crippen LogP contribution is -2.46. The molecule has 0 unspecified atom stereocenters. The molecule has 2 aliphatic heterocycles. The maximum atomic E-state index is 12.4. The molecule has 0 spiro atoms. The first-order chi connectivity index (χ1) is 14.7. The third-order valence-corrected chi connectivity index (χ3v) is 6.00. The zero-order valence-electron chi connectivity index (χ0n) is 16.9.